The lowest BCUT2D eigenvalue weighted by Gasteiger charge is -2.18. The van der Waals surface area contributed by atoms with Crippen LogP contribution in [0.15, 0.2) is 18.0 Å². The lowest BCUT2D eigenvalue weighted by Crippen LogP contribution is -2.33. The minimum Gasteiger partial charge on any atom is -0.395 e. The first kappa shape index (κ1) is 14.3. The van der Waals surface area contributed by atoms with Crippen LogP contribution in [0.1, 0.15) is 17.4 Å². The molecular formula is C11H15N3O3S. The van der Waals surface area contributed by atoms with Gasteiger partial charge in [0.2, 0.25) is 5.91 Å². The number of hydrogen-bond donors (Lipinski definition) is 2. The molecule has 1 heterocycles. The molecule has 0 saturated heterocycles. The summed E-state index contributed by atoms with van der Waals surface area (Å²) < 4.78 is 0. The lowest BCUT2D eigenvalue weighted by molar-refractivity contribution is -0.114. The summed E-state index contributed by atoms with van der Waals surface area (Å²) in [6.45, 7) is 5.36. The van der Waals surface area contributed by atoms with Crippen LogP contribution in [0.2, 0.25) is 0 Å². The van der Waals surface area contributed by atoms with E-state index in [1.165, 1.54) is 23.2 Å². The highest BCUT2D eigenvalue weighted by atomic mass is 32.1. The zero-order valence-corrected chi connectivity index (χ0v) is 10.9. The van der Waals surface area contributed by atoms with Crippen molar-refractivity contribution in [1.29, 1.82) is 0 Å². The second kappa shape index (κ2) is 6.87. The molecule has 0 aliphatic heterocycles. The maximum atomic E-state index is 12.0. The number of carbonyl (C=O) groups excluding carboxylic acids is 2. The summed E-state index contributed by atoms with van der Waals surface area (Å²) in [5.41, 5.74) is 0.249. The van der Waals surface area contributed by atoms with Crippen molar-refractivity contribution in [3.8, 4) is 0 Å². The van der Waals surface area contributed by atoms with E-state index in [1.54, 1.807) is 11.5 Å². The molecule has 2 N–H and O–H groups in total. The number of aliphatic hydroxyl groups excluding tert-OH is 1. The highest BCUT2D eigenvalue weighted by molar-refractivity contribution is 7.14. The van der Waals surface area contributed by atoms with Gasteiger partial charge in [0.25, 0.3) is 5.91 Å². The van der Waals surface area contributed by atoms with E-state index in [9.17, 15) is 9.59 Å². The van der Waals surface area contributed by atoms with Gasteiger partial charge in [-0.05, 0) is 0 Å². The first-order valence-corrected chi connectivity index (χ1v) is 6.20. The summed E-state index contributed by atoms with van der Waals surface area (Å²) >= 11 is 1.18. The Hall–Kier alpha value is -1.73. The third-order valence-corrected chi connectivity index (χ3v) is 2.77. The number of amides is 2. The second-order valence-corrected chi connectivity index (χ2v) is 4.34. The molecule has 0 aliphatic carbocycles. The highest BCUT2D eigenvalue weighted by Gasteiger charge is 2.17. The zero-order valence-electron chi connectivity index (χ0n) is 10.0. The summed E-state index contributed by atoms with van der Waals surface area (Å²) in [5.74, 6) is -0.529. The Morgan fingerprint density at radius 2 is 2.39 bits per heavy atom. The van der Waals surface area contributed by atoms with Crippen molar-refractivity contribution in [2.24, 2.45) is 0 Å². The van der Waals surface area contributed by atoms with E-state index in [4.69, 9.17) is 5.11 Å². The molecule has 0 spiro atoms. The van der Waals surface area contributed by atoms with Gasteiger partial charge in [-0.1, -0.05) is 6.08 Å². The Morgan fingerprint density at radius 3 is 2.94 bits per heavy atom. The topological polar surface area (TPSA) is 82.5 Å². The fourth-order valence-electron chi connectivity index (χ4n) is 1.29. The number of thiazole rings is 1. The van der Waals surface area contributed by atoms with Crippen LogP contribution >= 0.6 is 11.3 Å². The fraction of sp³-hybridized carbons (Fsp3) is 0.364. The molecule has 0 unspecified atom stereocenters. The molecule has 1 aromatic rings. The smallest absolute Gasteiger partial charge is 0.273 e. The van der Waals surface area contributed by atoms with Gasteiger partial charge in [-0.15, -0.1) is 17.9 Å². The average molecular weight is 269 g/mol. The zero-order chi connectivity index (χ0) is 13.5. The van der Waals surface area contributed by atoms with Gasteiger partial charge in [-0.25, -0.2) is 4.98 Å². The van der Waals surface area contributed by atoms with Crippen LogP contribution in [0, 0.1) is 0 Å². The number of hydrogen-bond acceptors (Lipinski definition) is 5. The number of nitrogens with one attached hydrogen (secondary N) is 1. The van der Waals surface area contributed by atoms with Crippen LogP contribution < -0.4 is 5.32 Å². The molecule has 1 aromatic heterocycles. The normalized spacial score (nSPS) is 9.89. The van der Waals surface area contributed by atoms with Gasteiger partial charge >= 0.3 is 0 Å². The van der Waals surface area contributed by atoms with Crippen LogP contribution in [0.4, 0.5) is 5.13 Å². The predicted molar refractivity (Wildman–Crippen MR) is 69.6 cm³/mol. The van der Waals surface area contributed by atoms with Gasteiger partial charge in [0.05, 0.1) is 6.61 Å². The molecule has 2 amide bonds. The Morgan fingerprint density at radius 1 is 1.67 bits per heavy atom. The molecule has 7 heteroatoms. The molecule has 0 fully saturated rings. The Balaban J connectivity index is 2.77. The average Bonchev–Trinajstić information content (AvgIpc) is 2.75. The van der Waals surface area contributed by atoms with Gasteiger partial charge in [-0.3, -0.25) is 9.59 Å². The molecule has 0 aliphatic rings. The van der Waals surface area contributed by atoms with E-state index < -0.39 is 0 Å². The van der Waals surface area contributed by atoms with Gasteiger partial charge in [0.15, 0.2) is 5.13 Å². The highest BCUT2D eigenvalue weighted by Crippen LogP contribution is 2.16. The molecule has 0 saturated carbocycles. The second-order valence-electron chi connectivity index (χ2n) is 3.48. The number of anilines is 1. The van der Waals surface area contributed by atoms with Gasteiger partial charge < -0.3 is 15.3 Å². The molecular weight excluding hydrogens is 254 g/mol. The van der Waals surface area contributed by atoms with E-state index in [-0.39, 0.29) is 30.7 Å². The number of nitrogens with zero attached hydrogens (tertiary/aromatic N) is 2. The summed E-state index contributed by atoms with van der Waals surface area (Å²) in [4.78, 5) is 28.3. The Bertz CT molecular complexity index is 444. The van der Waals surface area contributed by atoms with Gasteiger partial charge in [-0.2, -0.15) is 0 Å². The Kier molecular flexibility index (Phi) is 5.47. The maximum Gasteiger partial charge on any atom is 0.273 e. The molecule has 0 atom stereocenters. The number of aliphatic hydroxyl groups is 1. The van der Waals surface area contributed by atoms with Crippen LogP contribution in [0.5, 0.6) is 0 Å². The fourth-order valence-corrected chi connectivity index (χ4v) is 2.02. The van der Waals surface area contributed by atoms with E-state index in [0.29, 0.717) is 11.7 Å². The SMILES string of the molecule is C=CCN(CCO)C(=O)c1csc(NC(C)=O)n1. The van der Waals surface area contributed by atoms with Crippen molar-refractivity contribution < 1.29 is 14.7 Å². The summed E-state index contributed by atoms with van der Waals surface area (Å²) in [6, 6.07) is 0. The van der Waals surface area contributed by atoms with Crippen LogP contribution in [0.25, 0.3) is 0 Å². The first-order chi connectivity index (χ1) is 8.58. The van der Waals surface area contributed by atoms with Crippen molar-refractivity contribution in [3.63, 3.8) is 0 Å². The molecule has 0 aromatic carbocycles. The maximum absolute atomic E-state index is 12.0. The van der Waals surface area contributed by atoms with Gasteiger partial charge in [0.1, 0.15) is 5.69 Å². The molecule has 6 nitrogen and oxygen atoms in total. The van der Waals surface area contributed by atoms with Crippen LogP contribution in [-0.2, 0) is 4.79 Å². The molecule has 0 bridgehead atoms. The molecule has 98 valence electrons. The lowest BCUT2D eigenvalue weighted by atomic mass is 10.3. The number of carbonyl (C=O) groups is 2. The first-order valence-electron chi connectivity index (χ1n) is 5.32. The molecule has 1 rings (SSSR count). The number of rotatable bonds is 6. The minimum atomic E-state index is -0.295. The third kappa shape index (κ3) is 3.94. The van der Waals surface area contributed by atoms with Crippen molar-refractivity contribution in [2.45, 2.75) is 6.92 Å². The van der Waals surface area contributed by atoms with E-state index >= 15 is 0 Å². The molecule has 18 heavy (non-hydrogen) atoms. The molecule has 0 radical (unpaired) electrons. The summed E-state index contributed by atoms with van der Waals surface area (Å²) in [5, 5.41) is 13.3. The van der Waals surface area contributed by atoms with E-state index in [2.05, 4.69) is 16.9 Å². The van der Waals surface area contributed by atoms with Crippen molar-refractivity contribution >= 4 is 28.3 Å². The standard InChI is InChI=1S/C11H15N3O3S/c1-3-4-14(5-6-15)10(17)9-7-18-11(13-9)12-8(2)16/h3,7,15H,1,4-6H2,2H3,(H,12,13,16). The van der Waals surface area contributed by atoms with Crippen molar-refractivity contribution in [3.05, 3.63) is 23.7 Å². The van der Waals surface area contributed by atoms with Crippen molar-refractivity contribution in [1.82, 2.24) is 9.88 Å². The summed E-state index contributed by atoms with van der Waals surface area (Å²) in [7, 11) is 0. The Labute approximate surface area is 109 Å². The van der Waals surface area contributed by atoms with E-state index in [0.717, 1.165) is 0 Å². The monoisotopic (exact) mass is 269 g/mol. The number of aromatic nitrogens is 1. The predicted octanol–water partition coefficient (Wildman–Crippen LogP) is 0.722. The van der Waals surface area contributed by atoms with Crippen molar-refractivity contribution in [2.75, 3.05) is 25.0 Å². The minimum absolute atomic E-state index is 0.123. The van der Waals surface area contributed by atoms with Crippen LogP contribution in [0.3, 0.4) is 0 Å². The van der Waals surface area contributed by atoms with E-state index in [1.807, 2.05) is 0 Å². The third-order valence-electron chi connectivity index (χ3n) is 2.01. The quantitative estimate of drug-likeness (QED) is 0.746. The van der Waals surface area contributed by atoms with Crippen LogP contribution in [-0.4, -0.2) is 46.5 Å². The largest absolute Gasteiger partial charge is 0.395 e. The summed E-state index contributed by atoms with van der Waals surface area (Å²) in [6.07, 6.45) is 1.58. The van der Waals surface area contributed by atoms with Gasteiger partial charge in [0, 0.05) is 25.4 Å².